The molecule has 2 aromatic rings. The normalized spacial score (nSPS) is 10.4. The number of esters is 1. The predicted molar refractivity (Wildman–Crippen MR) is 90.6 cm³/mol. The summed E-state index contributed by atoms with van der Waals surface area (Å²) in [5, 5.41) is -0.212. The zero-order valence-electron chi connectivity index (χ0n) is 12.1. The number of aromatic nitrogens is 1. The Hall–Kier alpha value is -1.69. The molecule has 0 aliphatic rings. The van der Waals surface area contributed by atoms with Crippen LogP contribution in [0.2, 0.25) is 15.2 Å². The number of nitrogen functional groups attached to an aromatic ring is 1. The summed E-state index contributed by atoms with van der Waals surface area (Å²) in [5.41, 5.74) is 6.57. The average molecular weight is 376 g/mol. The highest BCUT2D eigenvalue weighted by atomic mass is 35.5. The minimum Gasteiger partial charge on any atom is -0.490 e. The fourth-order valence-corrected chi connectivity index (χ4v) is 2.25. The van der Waals surface area contributed by atoms with Gasteiger partial charge in [0.2, 0.25) is 0 Å². The molecule has 0 saturated heterocycles. The van der Waals surface area contributed by atoms with E-state index in [2.05, 4.69) is 4.98 Å². The van der Waals surface area contributed by atoms with E-state index in [1.807, 2.05) is 31.2 Å². The van der Waals surface area contributed by atoms with Crippen molar-refractivity contribution in [3.63, 3.8) is 0 Å². The Balaban J connectivity index is 1.91. The topological polar surface area (TPSA) is 74.4 Å². The van der Waals surface area contributed by atoms with Gasteiger partial charge in [0, 0.05) is 0 Å². The molecule has 122 valence electrons. The number of hydrogen-bond donors (Lipinski definition) is 1. The molecule has 2 N–H and O–H groups in total. The Bertz CT molecular complexity index is 721. The highest BCUT2D eigenvalue weighted by molar-refractivity contribution is 6.46. The van der Waals surface area contributed by atoms with Crippen molar-refractivity contribution in [1.82, 2.24) is 4.98 Å². The summed E-state index contributed by atoms with van der Waals surface area (Å²) in [6.45, 7) is 2.18. The Morgan fingerprint density at radius 1 is 1.13 bits per heavy atom. The van der Waals surface area contributed by atoms with Crippen molar-refractivity contribution in [3.05, 3.63) is 50.7 Å². The Kier molecular flexibility index (Phi) is 5.93. The molecular formula is C15H13Cl3N2O3. The molecule has 1 aromatic heterocycles. The third kappa shape index (κ3) is 4.41. The molecule has 0 atom stereocenters. The SMILES string of the molecule is Cc1ccc(OCCOC(=O)c2nc(Cl)c(Cl)c(N)c2Cl)cc1. The van der Waals surface area contributed by atoms with Crippen LogP contribution in [0, 0.1) is 6.92 Å². The zero-order valence-corrected chi connectivity index (χ0v) is 14.4. The van der Waals surface area contributed by atoms with E-state index in [0.29, 0.717) is 5.75 Å². The molecule has 0 unspecified atom stereocenters. The summed E-state index contributed by atoms with van der Waals surface area (Å²) in [7, 11) is 0. The zero-order chi connectivity index (χ0) is 17.0. The first kappa shape index (κ1) is 17.7. The van der Waals surface area contributed by atoms with Crippen LogP contribution < -0.4 is 10.5 Å². The van der Waals surface area contributed by atoms with E-state index < -0.39 is 5.97 Å². The second-order valence-corrected chi connectivity index (χ2v) is 5.70. The van der Waals surface area contributed by atoms with Crippen LogP contribution in [-0.4, -0.2) is 24.2 Å². The van der Waals surface area contributed by atoms with Gasteiger partial charge in [-0.3, -0.25) is 0 Å². The first-order valence-corrected chi connectivity index (χ1v) is 7.70. The number of hydrogen-bond acceptors (Lipinski definition) is 5. The second-order valence-electron chi connectivity index (χ2n) is 4.59. The van der Waals surface area contributed by atoms with Crippen molar-refractivity contribution in [1.29, 1.82) is 0 Å². The van der Waals surface area contributed by atoms with E-state index in [1.54, 1.807) is 0 Å². The number of halogens is 3. The fraction of sp³-hybridized carbons (Fsp3) is 0.200. The van der Waals surface area contributed by atoms with Gasteiger partial charge in [0.1, 0.15) is 24.0 Å². The molecule has 0 aliphatic carbocycles. The largest absolute Gasteiger partial charge is 0.490 e. The van der Waals surface area contributed by atoms with Crippen LogP contribution in [-0.2, 0) is 4.74 Å². The van der Waals surface area contributed by atoms with E-state index in [9.17, 15) is 4.79 Å². The molecule has 1 heterocycles. The molecule has 0 bridgehead atoms. The molecule has 0 aliphatic heterocycles. The maximum atomic E-state index is 12.0. The van der Waals surface area contributed by atoms with Crippen molar-refractivity contribution in [2.45, 2.75) is 6.92 Å². The third-order valence-corrected chi connectivity index (χ3v) is 4.01. The summed E-state index contributed by atoms with van der Waals surface area (Å²) >= 11 is 17.5. The van der Waals surface area contributed by atoms with Crippen LogP contribution in [0.3, 0.4) is 0 Å². The quantitative estimate of drug-likeness (QED) is 0.482. The van der Waals surface area contributed by atoms with E-state index in [1.165, 1.54) is 0 Å². The molecule has 23 heavy (non-hydrogen) atoms. The van der Waals surface area contributed by atoms with Crippen LogP contribution in [0.4, 0.5) is 5.69 Å². The number of anilines is 1. The summed E-state index contributed by atoms with van der Waals surface area (Å²) in [6.07, 6.45) is 0. The van der Waals surface area contributed by atoms with Crippen molar-refractivity contribution in [2.75, 3.05) is 18.9 Å². The number of benzene rings is 1. The lowest BCUT2D eigenvalue weighted by Gasteiger charge is -2.10. The number of aryl methyl sites for hydroxylation is 1. The Labute approximate surface area is 148 Å². The minimum absolute atomic E-state index is 0.00378. The average Bonchev–Trinajstić information content (AvgIpc) is 2.54. The first-order valence-electron chi connectivity index (χ1n) is 6.56. The molecule has 0 saturated carbocycles. The molecule has 1 aromatic carbocycles. The molecule has 0 fully saturated rings. The number of carbonyl (C=O) groups excluding carboxylic acids is 1. The number of nitrogens with two attached hydrogens (primary N) is 1. The maximum Gasteiger partial charge on any atom is 0.358 e. The van der Waals surface area contributed by atoms with Gasteiger partial charge in [-0.05, 0) is 19.1 Å². The van der Waals surface area contributed by atoms with Gasteiger partial charge in [0.15, 0.2) is 10.8 Å². The Morgan fingerprint density at radius 3 is 2.43 bits per heavy atom. The van der Waals surface area contributed by atoms with E-state index >= 15 is 0 Å². The number of pyridine rings is 1. The predicted octanol–water partition coefficient (Wildman–Crippen LogP) is 4.17. The van der Waals surface area contributed by atoms with Crippen molar-refractivity contribution < 1.29 is 14.3 Å². The third-order valence-electron chi connectivity index (χ3n) is 2.87. The summed E-state index contributed by atoms with van der Waals surface area (Å²) in [6, 6.07) is 7.50. The van der Waals surface area contributed by atoms with Crippen LogP contribution in [0.15, 0.2) is 24.3 Å². The number of carbonyl (C=O) groups is 1. The van der Waals surface area contributed by atoms with Crippen molar-refractivity contribution in [3.8, 4) is 5.75 Å². The van der Waals surface area contributed by atoms with Crippen molar-refractivity contribution >= 4 is 46.5 Å². The standard InChI is InChI=1S/C15H13Cl3N2O3/c1-8-2-4-9(5-3-8)22-6-7-23-15(21)13-10(16)12(19)11(17)14(18)20-13/h2-5H,6-7H2,1H3,(H2,19,20). The summed E-state index contributed by atoms with van der Waals surface area (Å²) in [5.74, 6) is -0.0747. The smallest absolute Gasteiger partial charge is 0.358 e. The van der Waals surface area contributed by atoms with Gasteiger partial charge in [-0.25, -0.2) is 9.78 Å². The first-order chi connectivity index (χ1) is 10.9. The molecule has 0 amide bonds. The van der Waals surface area contributed by atoms with Gasteiger partial charge >= 0.3 is 5.97 Å². The van der Waals surface area contributed by atoms with Crippen LogP contribution >= 0.6 is 34.8 Å². The van der Waals surface area contributed by atoms with Gasteiger partial charge in [-0.1, -0.05) is 52.5 Å². The van der Waals surface area contributed by atoms with Crippen LogP contribution in [0.1, 0.15) is 16.1 Å². The summed E-state index contributed by atoms with van der Waals surface area (Å²) < 4.78 is 10.5. The van der Waals surface area contributed by atoms with E-state index in [0.717, 1.165) is 5.56 Å². The van der Waals surface area contributed by atoms with E-state index in [4.69, 9.17) is 50.0 Å². The lowest BCUT2D eigenvalue weighted by molar-refractivity contribution is 0.0444. The van der Waals surface area contributed by atoms with Crippen LogP contribution in [0.5, 0.6) is 5.75 Å². The minimum atomic E-state index is -0.757. The maximum absolute atomic E-state index is 12.0. The lowest BCUT2D eigenvalue weighted by atomic mass is 10.2. The lowest BCUT2D eigenvalue weighted by Crippen LogP contribution is -2.15. The molecule has 0 radical (unpaired) electrons. The van der Waals surface area contributed by atoms with Crippen LogP contribution in [0.25, 0.3) is 0 Å². The highest BCUT2D eigenvalue weighted by Crippen LogP contribution is 2.34. The highest BCUT2D eigenvalue weighted by Gasteiger charge is 2.20. The fourth-order valence-electron chi connectivity index (χ4n) is 1.66. The molecule has 5 nitrogen and oxygen atoms in total. The van der Waals surface area contributed by atoms with Crippen molar-refractivity contribution in [2.24, 2.45) is 0 Å². The molecule has 0 spiro atoms. The van der Waals surface area contributed by atoms with Gasteiger partial charge in [-0.2, -0.15) is 0 Å². The van der Waals surface area contributed by atoms with Gasteiger partial charge in [0.25, 0.3) is 0 Å². The Morgan fingerprint density at radius 2 is 1.78 bits per heavy atom. The van der Waals surface area contributed by atoms with Gasteiger partial charge in [0.05, 0.1) is 10.7 Å². The molecule has 8 heteroatoms. The van der Waals surface area contributed by atoms with Gasteiger partial charge in [-0.15, -0.1) is 0 Å². The summed E-state index contributed by atoms with van der Waals surface area (Å²) in [4.78, 5) is 15.7. The number of rotatable bonds is 5. The molecule has 2 rings (SSSR count). The van der Waals surface area contributed by atoms with E-state index in [-0.39, 0.29) is 39.8 Å². The number of nitrogens with zero attached hydrogens (tertiary/aromatic N) is 1. The number of ether oxygens (including phenoxy) is 2. The monoisotopic (exact) mass is 374 g/mol. The molecular weight excluding hydrogens is 363 g/mol. The second kappa shape index (κ2) is 7.73. The van der Waals surface area contributed by atoms with Gasteiger partial charge < -0.3 is 15.2 Å².